The molecule has 0 radical (unpaired) electrons. The van der Waals surface area contributed by atoms with E-state index >= 15 is 0 Å². The van der Waals surface area contributed by atoms with E-state index in [1.54, 1.807) is 6.07 Å². The Kier molecular flexibility index (Phi) is 12.6. The maximum absolute atomic E-state index is 13.2. The summed E-state index contributed by atoms with van der Waals surface area (Å²) in [4.78, 5) is 28.9. The minimum Gasteiger partial charge on any atom is -0.478 e. The van der Waals surface area contributed by atoms with Gasteiger partial charge in [0.2, 0.25) is 0 Å². The highest BCUT2D eigenvalue weighted by molar-refractivity contribution is 8.13. The number of thioether (sulfide) groups is 1. The van der Waals surface area contributed by atoms with Gasteiger partial charge in [0.1, 0.15) is 0 Å². The molecule has 0 saturated carbocycles. The number of aliphatic carboxylic acids is 2. The molecule has 0 atom stereocenters. The number of rotatable bonds is 10. The van der Waals surface area contributed by atoms with Crippen LogP contribution < -0.4 is 0 Å². The van der Waals surface area contributed by atoms with E-state index in [0.29, 0.717) is 37.0 Å². The van der Waals surface area contributed by atoms with Crippen LogP contribution in [0.25, 0.3) is 0 Å². The minimum absolute atomic E-state index is 0.321. The number of aliphatic imine (C=N–C) groups is 1. The summed E-state index contributed by atoms with van der Waals surface area (Å²) in [6.07, 6.45) is 5.48. The van der Waals surface area contributed by atoms with Crippen molar-refractivity contribution in [3.05, 3.63) is 77.4 Å². The Balaban J connectivity index is 0.000000482. The summed E-state index contributed by atoms with van der Waals surface area (Å²) in [6, 6.07) is 12.9. The van der Waals surface area contributed by atoms with Crippen molar-refractivity contribution in [3.63, 3.8) is 0 Å². The van der Waals surface area contributed by atoms with Gasteiger partial charge in [-0.2, -0.15) is 0 Å². The number of hydrogen-bond acceptors (Lipinski definition) is 7. The fraction of sp³-hybridized carbons (Fsp3) is 0.414. The van der Waals surface area contributed by atoms with E-state index in [1.807, 2.05) is 11.8 Å². The van der Waals surface area contributed by atoms with Crippen molar-refractivity contribution in [1.82, 2.24) is 9.80 Å². The maximum Gasteiger partial charge on any atom is 0.328 e. The lowest BCUT2D eigenvalue weighted by Gasteiger charge is -2.38. The Morgan fingerprint density at radius 1 is 1.07 bits per heavy atom. The molecule has 0 aromatic heterocycles. The quantitative estimate of drug-likeness (QED) is 0.291. The molecular formula is C29H35F2N3O5S. The van der Waals surface area contributed by atoms with Crippen LogP contribution in [0.15, 0.2) is 59.6 Å². The number of amidine groups is 1. The van der Waals surface area contributed by atoms with Gasteiger partial charge in [-0.15, -0.1) is 0 Å². The molecule has 11 heteroatoms. The van der Waals surface area contributed by atoms with E-state index in [4.69, 9.17) is 19.9 Å². The summed E-state index contributed by atoms with van der Waals surface area (Å²) >= 11 is 1.84. The van der Waals surface area contributed by atoms with Crippen molar-refractivity contribution in [2.75, 3.05) is 33.3 Å². The number of carbonyl (C=O) groups is 2. The van der Waals surface area contributed by atoms with Gasteiger partial charge < -0.3 is 24.7 Å². The lowest BCUT2D eigenvalue weighted by molar-refractivity contribution is -0.134. The van der Waals surface area contributed by atoms with Crippen LogP contribution >= 0.6 is 11.8 Å². The summed E-state index contributed by atoms with van der Waals surface area (Å²) in [5.41, 5.74) is 3.09. The molecule has 216 valence electrons. The first-order chi connectivity index (χ1) is 19.2. The Morgan fingerprint density at radius 2 is 1.77 bits per heavy atom. The van der Waals surface area contributed by atoms with Crippen molar-refractivity contribution >= 4 is 34.6 Å². The molecule has 2 N–H and O–H groups in total. The third-order valence-electron chi connectivity index (χ3n) is 6.61. The SMILES string of the molecule is CN(C1=Nc2ccccc2CS1)C1CCN(CCCCOCc2ccc(F)c(F)c2)CC1.O=C(O)/C=C/C(=O)O. The summed E-state index contributed by atoms with van der Waals surface area (Å²) in [5, 5.41) is 16.8. The van der Waals surface area contributed by atoms with Gasteiger partial charge in [-0.25, -0.2) is 23.4 Å². The average molecular weight is 576 g/mol. The molecule has 0 amide bonds. The van der Waals surface area contributed by atoms with Gasteiger partial charge in [-0.3, -0.25) is 0 Å². The number of para-hydroxylation sites is 1. The first kappa shape index (κ1) is 31.3. The minimum atomic E-state index is -1.26. The van der Waals surface area contributed by atoms with Crippen molar-refractivity contribution < 1.29 is 33.3 Å². The van der Waals surface area contributed by atoms with Gasteiger partial charge in [-0.1, -0.05) is 36.0 Å². The Bertz CT molecular complexity index is 1190. The summed E-state index contributed by atoms with van der Waals surface area (Å²) in [7, 11) is 2.18. The number of unbranched alkanes of at least 4 members (excludes halogenated alkanes) is 1. The molecular weight excluding hydrogens is 540 g/mol. The second kappa shape index (κ2) is 16.1. The standard InChI is InChI=1S/C25H31F2N3OS.C4H4O4/c1-29(25-28-24-7-3-2-6-20(24)18-32-25)21-10-13-30(14-11-21)12-4-5-15-31-17-19-8-9-22(26)23(27)16-19;5-3(6)1-2-4(7)8/h2-3,6-9,16,21H,4-5,10-15,17-18H2,1H3;1-2H,(H,5,6)(H,7,8)/b;2-1+. The maximum atomic E-state index is 13.2. The molecule has 2 aliphatic heterocycles. The summed E-state index contributed by atoms with van der Waals surface area (Å²) in [6.45, 7) is 4.25. The number of fused-ring (bicyclic) bond motifs is 1. The number of carboxylic acid groups (broad SMARTS) is 2. The highest BCUT2D eigenvalue weighted by atomic mass is 32.2. The van der Waals surface area contributed by atoms with Gasteiger partial charge >= 0.3 is 11.9 Å². The van der Waals surface area contributed by atoms with E-state index in [0.717, 1.165) is 68.0 Å². The Hall–Kier alpha value is -3.28. The second-order valence-corrected chi connectivity index (χ2v) is 10.5. The van der Waals surface area contributed by atoms with Crippen LogP contribution in [0.1, 0.15) is 36.8 Å². The third kappa shape index (κ3) is 10.4. The number of piperidine rings is 1. The largest absolute Gasteiger partial charge is 0.478 e. The van der Waals surface area contributed by atoms with E-state index < -0.39 is 23.6 Å². The molecule has 40 heavy (non-hydrogen) atoms. The lowest BCUT2D eigenvalue weighted by Crippen LogP contribution is -2.45. The number of halogens is 2. The fourth-order valence-corrected chi connectivity index (χ4v) is 5.43. The zero-order valence-electron chi connectivity index (χ0n) is 22.5. The topological polar surface area (TPSA) is 103 Å². The molecule has 1 fully saturated rings. The highest BCUT2D eigenvalue weighted by Gasteiger charge is 2.26. The first-order valence-electron chi connectivity index (χ1n) is 13.1. The van der Waals surface area contributed by atoms with Crippen LogP contribution in [0.5, 0.6) is 0 Å². The van der Waals surface area contributed by atoms with Crippen LogP contribution in [-0.2, 0) is 26.7 Å². The average Bonchev–Trinajstić information content (AvgIpc) is 2.95. The van der Waals surface area contributed by atoms with Crippen LogP contribution in [-0.4, -0.2) is 76.4 Å². The zero-order valence-corrected chi connectivity index (χ0v) is 23.3. The Labute approximate surface area is 237 Å². The molecule has 2 aliphatic rings. The molecule has 0 bridgehead atoms. The molecule has 0 spiro atoms. The number of ether oxygens (including phenoxy) is 1. The van der Waals surface area contributed by atoms with Gasteiger partial charge in [0.15, 0.2) is 16.8 Å². The van der Waals surface area contributed by atoms with Crippen molar-refractivity contribution in [3.8, 4) is 0 Å². The number of hydrogen-bond donors (Lipinski definition) is 2. The second-order valence-electron chi connectivity index (χ2n) is 9.51. The number of likely N-dealkylation sites (tertiary alicyclic amines) is 1. The van der Waals surface area contributed by atoms with E-state index in [2.05, 4.69) is 41.1 Å². The molecule has 2 heterocycles. The summed E-state index contributed by atoms with van der Waals surface area (Å²) < 4.78 is 31.8. The molecule has 1 saturated heterocycles. The van der Waals surface area contributed by atoms with Gasteiger partial charge in [0.05, 0.1) is 12.3 Å². The molecule has 0 aliphatic carbocycles. The van der Waals surface area contributed by atoms with E-state index in [-0.39, 0.29) is 0 Å². The summed E-state index contributed by atoms with van der Waals surface area (Å²) in [5.74, 6) is -3.16. The monoisotopic (exact) mass is 575 g/mol. The number of nitrogens with zero attached hydrogens (tertiary/aromatic N) is 3. The van der Waals surface area contributed by atoms with E-state index in [1.165, 1.54) is 11.6 Å². The molecule has 0 unspecified atom stereocenters. The predicted octanol–water partition coefficient (Wildman–Crippen LogP) is 5.30. The first-order valence-corrected chi connectivity index (χ1v) is 14.1. The van der Waals surface area contributed by atoms with Gasteiger partial charge in [0, 0.05) is 50.7 Å². The van der Waals surface area contributed by atoms with Crippen molar-refractivity contribution in [2.45, 2.75) is 44.1 Å². The number of carboxylic acids is 2. The van der Waals surface area contributed by atoms with Crippen LogP contribution in [0.4, 0.5) is 14.5 Å². The van der Waals surface area contributed by atoms with E-state index in [9.17, 15) is 18.4 Å². The van der Waals surface area contributed by atoms with Crippen LogP contribution in [0.2, 0.25) is 0 Å². The molecule has 4 rings (SSSR count). The van der Waals surface area contributed by atoms with Crippen LogP contribution in [0, 0.1) is 11.6 Å². The van der Waals surface area contributed by atoms with Crippen molar-refractivity contribution in [2.24, 2.45) is 4.99 Å². The molecule has 8 nitrogen and oxygen atoms in total. The highest BCUT2D eigenvalue weighted by Crippen LogP contribution is 2.32. The third-order valence-corrected chi connectivity index (χ3v) is 7.70. The van der Waals surface area contributed by atoms with Crippen LogP contribution in [0.3, 0.4) is 0 Å². The smallest absolute Gasteiger partial charge is 0.328 e. The van der Waals surface area contributed by atoms with Crippen molar-refractivity contribution in [1.29, 1.82) is 0 Å². The Morgan fingerprint density at radius 3 is 2.45 bits per heavy atom. The van der Waals surface area contributed by atoms with Gasteiger partial charge in [0.25, 0.3) is 0 Å². The predicted molar refractivity (Wildman–Crippen MR) is 152 cm³/mol. The lowest BCUT2D eigenvalue weighted by atomic mass is 10.0. The number of benzene rings is 2. The molecule has 2 aromatic carbocycles. The molecule has 2 aromatic rings. The normalized spacial score (nSPS) is 15.6. The fourth-order valence-electron chi connectivity index (χ4n) is 4.39. The van der Waals surface area contributed by atoms with Gasteiger partial charge in [-0.05, 0) is 61.6 Å². The zero-order chi connectivity index (χ0) is 28.9.